The van der Waals surface area contributed by atoms with Crippen LogP contribution in [-0.2, 0) is 4.74 Å². The Morgan fingerprint density at radius 2 is 1.94 bits per heavy atom. The maximum atomic E-state index is 5.46. The third kappa shape index (κ3) is 3.61. The quantitative estimate of drug-likeness (QED) is 0.255. The number of hydrazine groups is 1. The number of amidine groups is 1. The molecule has 6 nitrogen and oxygen atoms in total. The number of hydrogen-bond acceptors (Lipinski definition) is 5. The van der Waals surface area contributed by atoms with Gasteiger partial charge in [0, 0.05) is 12.7 Å². The molecule has 1 aromatic carbocycles. The maximum Gasteiger partial charge on any atom is 0.161 e. The fourth-order valence-corrected chi connectivity index (χ4v) is 1.45. The number of nitrogens with zero attached hydrogens (tertiary/aromatic N) is 1. The van der Waals surface area contributed by atoms with Crippen molar-refractivity contribution in [2.75, 3.05) is 34.5 Å². The van der Waals surface area contributed by atoms with Gasteiger partial charge >= 0.3 is 0 Å². The Morgan fingerprint density at radius 1 is 1.22 bits per heavy atom. The topological polar surface area (TPSA) is 78.1 Å². The van der Waals surface area contributed by atoms with E-state index in [9.17, 15) is 0 Å². The van der Waals surface area contributed by atoms with Gasteiger partial charge in [0.2, 0.25) is 0 Å². The van der Waals surface area contributed by atoms with Crippen molar-refractivity contribution in [1.82, 2.24) is 5.43 Å². The normalized spacial score (nSPS) is 11.2. The number of rotatable bonds is 6. The lowest BCUT2D eigenvalue weighted by Gasteiger charge is -2.11. The van der Waals surface area contributed by atoms with Crippen molar-refractivity contribution in [3.05, 3.63) is 23.8 Å². The molecule has 0 aliphatic carbocycles. The molecule has 0 fully saturated rings. The zero-order valence-electron chi connectivity index (χ0n) is 10.9. The average Bonchev–Trinajstić information content (AvgIpc) is 2.43. The van der Waals surface area contributed by atoms with Gasteiger partial charge in [-0.1, -0.05) is 0 Å². The second kappa shape index (κ2) is 7.52. The molecule has 0 spiro atoms. The van der Waals surface area contributed by atoms with E-state index in [1.165, 1.54) is 0 Å². The Bertz CT molecular complexity index is 408. The second-order valence-electron chi connectivity index (χ2n) is 3.44. The molecule has 3 N–H and O–H groups in total. The van der Waals surface area contributed by atoms with E-state index in [0.29, 0.717) is 30.5 Å². The summed E-state index contributed by atoms with van der Waals surface area (Å²) in [6.45, 7) is 1.07. The van der Waals surface area contributed by atoms with E-state index in [1.54, 1.807) is 27.4 Å². The van der Waals surface area contributed by atoms with Gasteiger partial charge in [-0.15, -0.1) is 0 Å². The molecule has 0 saturated carbocycles. The summed E-state index contributed by atoms with van der Waals surface area (Å²) >= 11 is 0. The Labute approximate surface area is 107 Å². The first kappa shape index (κ1) is 14.3. The van der Waals surface area contributed by atoms with Crippen LogP contribution in [0.15, 0.2) is 23.2 Å². The monoisotopic (exact) mass is 253 g/mol. The van der Waals surface area contributed by atoms with Crippen molar-refractivity contribution in [2.45, 2.75) is 0 Å². The molecular weight excluding hydrogens is 234 g/mol. The minimum Gasteiger partial charge on any atom is -0.493 e. The number of nitrogens with one attached hydrogen (secondary N) is 1. The van der Waals surface area contributed by atoms with Crippen LogP contribution in [0.1, 0.15) is 5.56 Å². The summed E-state index contributed by atoms with van der Waals surface area (Å²) in [5.74, 6) is 7.32. The molecule has 0 saturated heterocycles. The largest absolute Gasteiger partial charge is 0.493 e. The minimum absolute atomic E-state index is 0.532. The van der Waals surface area contributed by atoms with Gasteiger partial charge in [0.15, 0.2) is 11.5 Å². The fourth-order valence-electron chi connectivity index (χ4n) is 1.45. The van der Waals surface area contributed by atoms with Gasteiger partial charge in [0.25, 0.3) is 0 Å². The summed E-state index contributed by atoms with van der Waals surface area (Å²) in [7, 11) is 4.80. The summed E-state index contributed by atoms with van der Waals surface area (Å²) in [4.78, 5) is 4.29. The molecule has 0 atom stereocenters. The highest BCUT2D eigenvalue weighted by molar-refractivity contribution is 5.98. The van der Waals surface area contributed by atoms with E-state index >= 15 is 0 Å². The zero-order valence-corrected chi connectivity index (χ0v) is 10.9. The van der Waals surface area contributed by atoms with Crippen molar-refractivity contribution in [3.63, 3.8) is 0 Å². The number of ether oxygens (including phenoxy) is 3. The fraction of sp³-hybridized carbons (Fsp3) is 0.417. The maximum absolute atomic E-state index is 5.46. The summed E-state index contributed by atoms with van der Waals surface area (Å²) in [5, 5.41) is 0. The van der Waals surface area contributed by atoms with Crippen LogP contribution in [0, 0.1) is 0 Å². The average molecular weight is 253 g/mol. The van der Waals surface area contributed by atoms with E-state index in [2.05, 4.69) is 10.4 Å². The van der Waals surface area contributed by atoms with E-state index in [4.69, 9.17) is 20.1 Å². The van der Waals surface area contributed by atoms with Gasteiger partial charge in [0.1, 0.15) is 5.84 Å². The molecule has 0 aliphatic rings. The number of nitrogens with two attached hydrogens (primary N) is 1. The third-order valence-corrected chi connectivity index (χ3v) is 2.36. The Morgan fingerprint density at radius 3 is 2.50 bits per heavy atom. The SMILES string of the molecule is COCCN=C(NN)c1ccc(OC)c(OC)c1. The molecule has 1 aromatic rings. The van der Waals surface area contributed by atoms with Crippen molar-refractivity contribution in [1.29, 1.82) is 0 Å². The Hall–Kier alpha value is -1.79. The van der Waals surface area contributed by atoms with Crippen molar-refractivity contribution in [3.8, 4) is 11.5 Å². The van der Waals surface area contributed by atoms with Gasteiger partial charge < -0.3 is 19.6 Å². The van der Waals surface area contributed by atoms with E-state index < -0.39 is 0 Å². The molecule has 0 heterocycles. The van der Waals surface area contributed by atoms with Crippen molar-refractivity contribution in [2.24, 2.45) is 10.8 Å². The first-order chi connectivity index (χ1) is 8.76. The van der Waals surface area contributed by atoms with Crippen molar-refractivity contribution >= 4 is 5.84 Å². The van der Waals surface area contributed by atoms with E-state index in [1.807, 2.05) is 12.1 Å². The standard InChI is InChI=1S/C12H19N3O3/c1-16-7-6-14-12(15-13)9-4-5-10(17-2)11(8-9)18-3/h4-5,8H,6-7,13H2,1-3H3,(H,14,15). The van der Waals surface area contributed by atoms with E-state index in [0.717, 1.165) is 5.56 Å². The number of benzene rings is 1. The second-order valence-corrected chi connectivity index (χ2v) is 3.44. The lowest BCUT2D eigenvalue weighted by Crippen LogP contribution is -2.31. The van der Waals surface area contributed by atoms with Crippen LogP contribution in [0.25, 0.3) is 0 Å². The van der Waals surface area contributed by atoms with Crippen molar-refractivity contribution < 1.29 is 14.2 Å². The number of aliphatic imine (C=N–C) groups is 1. The zero-order chi connectivity index (χ0) is 13.4. The Kier molecular flexibility index (Phi) is 5.96. The van der Waals surface area contributed by atoms with Gasteiger partial charge in [-0.05, 0) is 18.2 Å². The van der Waals surface area contributed by atoms with Gasteiger partial charge in [-0.3, -0.25) is 4.99 Å². The molecule has 18 heavy (non-hydrogen) atoms. The summed E-state index contributed by atoms with van der Waals surface area (Å²) < 4.78 is 15.3. The molecule has 0 unspecified atom stereocenters. The van der Waals surface area contributed by atoms with Crippen LogP contribution in [0.3, 0.4) is 0 Å². The molecule has 1 rings (SSSR count). The van der Waals surface area contributed by atoms with Crippen LogP contribution in [-0.4, -0.2) is 40.3 Å². The van der Waals surface area contributed by atoms with Crippen LogP contribution >= 0.6 is 0 Å². The molecular formula is C12H19N3O3. The number of hydrogen-bond donors (Lipinski definition) is 2. The Balaban J connectivity index is 2.96. The summed E-state index contributed by atoms with van der Waals surface area (Å²) in [6.07, 6.45) is 0. The first-order valence-corrected chi connectivity index (χ1v) is 5.49. The van der Waals surface area contributed by atoms with Crippen LogP contribution < -0.4 is 20.7 Å². The minimum atomic E-state index is 0.532. The van der Waals surface area contributed by atoms with Crippen LogP contribution in [0.4, 0.5) is 0 Å². The predicted octanol–water partition coefficient (Wildman–Crippen LogP) is 0.560. The van der Waals surface area contributed by atoms with Crippen LogP contribution in [0.5, 0.6) is 11.5 Å². The van der Waals surface area contributed by atoms with E-state index in [-0.39, 0.29) is 0 Å². The lowest BCUT2D eigenvalue weighted by atomic mass is 10.2. The molecule has 6 heteroatoms. The van der Waals surface area contributed by atoms with Gasteiger partial charge in [0.05, 0.1) is 27.4 Å². The molecule has 0 amide bonds. The smallest absolute Gasteiger partial charge is 0.161 e. The summed E-state index contributed by atoms with van der Waals surface area (Å²) in [6, 6.07) is 5.47. The predicted molar refractivity (Wildman–Crippen MR) is 70.1 cm³/mol. The van der Waals surface area contributed by atoms with Gasteiger partial charge in [-0.25, -0.2) is 5.84 Å². The molecule has 100 valence electrons. The molecule has 0 bridgehead atoms. The molecule has 0 radical (unpaired) electrons. The first-order valence-electron chi connectivity index (χ1n) is 5.49. The number of methoxy groups -OCH3 is 3. The molecule has 0 aliphatic heterocycles. The highest BCUT2D eigenvalue weighted by Gasteiger charge is 2.08. The highest BCUT2D eigenvalue weighted by Crippen LogP contribution is 2.27. The molecule has 0 aromatic heterocycles. The summed E-state index contributed by atoms with van der Waals surface area (Å²) in [5.41, 5.74) is 3.39. The lowest BCUT2D eigenvalue weighted by molar-refractivity contribution is 0.208. The third-order valence-electron chi connectivity index (χ3n) is 2.36. The highest BCUT2D eigenvalue weighted by atomic mass is 16.5. The van der Waals surface area contributed by atoms with Crippen LogP contribution in [0.2, 0.25) is 0 Å². The van der Waals surface area contributed by atoms with Gasteiger partial charge in [-0.2, -0.15) is 0 Å².